The Morgan fingerprint density at radius 2 is 1.74 bits per heavy atom. The van der Waals surface area contributed by atoms with Crippen LogP contribution in [0.4, 0.5) is 25.0 Å². The first kappa shape index (κ1) is 29.3. The normalized spacial score (nSPS) is 22.3. The second-order valence-electron chi connectivity index (χ2n) is 10.4. The molecule has 208 valence electrons. The maximum Gasteiger partial charge on any atom is 0.388 e. The molecule has 0 atom stereocenters. The van der Waals surface area contributed by atoms with Gasteiger partial charge in [-0.3, -0.25) is 9.69 Å². The zero-order chi connectivity index (χ0) is 28.0. The number of halogens is 2. The Bertz CT molecular complexity index is 1110. The molecule has 0 bridgehead atoms. The van der Waals surface area contributed by atoms with Gasteiger partial charge in [0, 0.05) is 17.4 Å². The molecule has 0 aliphatic heterocycles. The van der Waals surface area contributed by atoms with Crippen LogP contribution in [-0.4, -0.2) is 34.7 Å². The van der Waals surface area contributed by atoms with Crippen LogP contribution < -0.4 is 15.0 Å². The molecule has 4 rings (SSSR count). The van der Waals surface area contributed by atoms with Gasteiger partial charge in [0.2, 0.25) is 5.88 Å². The van der Waals surface area contributed by atoms with Gasteiger partial charge in [0.15, 0.2) is 0 Å². The van der Waals surface area contributed by atoms with Crippen molar-refractivity contribution in [3.05, 3.63) is 47.7 Å². The summed E-state index contributed by atoms with van der Waals surface area (Å²) in [6.07, 6.45) is 4.50. The molecular weight excluding hydrogens is 492 g/mol. The Kier molecular flexibility index (Phi) is 9.68. The Hall–Kier alpha value is -3.23. The molecule has 2 aromatic rings. The number of hydrogen-bond acceptors (Lipinski definition) is 4. The highest BCUT2D eigenvalue weighted by Gasteiger charge is 2.50. The second kappa shape index (κ2) is 12.5. The predicted octanol–water partition coefficient (Wildman–Crippen LogP) is 7.60. The SMILES string of the molecule is CC.Cc1ccc(NC(=O)N(c2ccccc2C(C)C)C2CC3(CCC(C(=O)O)CC3)C2)c(OC(F)F)n1. The smallest absolute Gasteiger partial charge is 0.388 e. The molecule has 2 amide bonds. The maximum atomic E-state index is 13.7. The summed E-state index contributed by atoms with van der Waals surface area (Å²) in [4.78, 5) is 30.9. The molecule has 0 unspecified atom stereocenters. The van der Waals surface area contributed by atoms with Crippen molar-refractivity contribution in [1.29, 1.82) is 0 Å². The van der Waals surface area contributed by atoms with Crippen LogP contribution in [0.5, 0.6) is 5.88 Å². The lowest BCUT2D eigenvalue weighted by Crippen LogP contribution is -2.55. The number of aromatic nitrogens is 1. The number of pyridine rings is 1. The van der Waals surface area contributed by atoms with Crippen molar-refractivity contribution in [3.63, 3.8) is 0 Å². The molecule has 2 aliphatic carbocycles. The number of carboxylic acids is 1. The number of para-hydroxylation sites is 1. The van der Waals surface area contributed by atoms with E-state index in [-0.39, 0.29) is 34.9 Å². The summed E-state index contributed by atoms with van der Waals surface area (Å²) in [6.45, 7) is 6.70. The number of benzene rings is 1. The lowest BCUT2D eigenvalue weighted by atomic mass is 9.56. The van der Waals surface area contributed by atoms with Crippen LogP contribution in [0.25, 0.3) is 0 Å². The van der Waals surface area contributed by atoms with E-state index < -0.39 is 18.6 Å². The molecule has 1 heterocycles. The zero-order valence-electron chi connectivity index (χ0n) is 22.8. The van der Waals surface area contributed by atoms with Crippen LogP contribution >= 0.6 is 0 Å². The number of anilines is 2. The Morgan fingerprint density at radius 1 is 1.11 bits per heavy atom. The second-order valence-corrected chi connectivity index (χ2v) is 10.4. The third-order valence-corrected chi connectivity index (χ3v) is 7.58. The van der Waals surface area contributed by atoms with E-state index in [0.717, 1.165) is 36.9 Å². The van der Waals surface area contributed by atoms with Gasteiger partial charge < -0.3 is 15.2 Å². The Labute approximate surface area is 223 Å². The first-order chi connectivity index (χ1) is 18.1. The van der Waals surface area contributed by atoms with Crippen molar-refractivity contribution >= 4 is 23.4 Å². The maximum absolute atomic E-state index is 13.7. The molecule has 9 heteroatoms. The van der Waals surface area contributed by atoms with Gasteiger partial charge >= 0.3 is 18.6 Å². The van der Waals surface area contributed by atoms with Gasteiger partial charge in [-0.25, -0.2) is 9.78 Å². The van der Waals surface area contributed by atoms with E-state index in [1.807, 2.05) is 38.1 Å². The number of aryl methyl sites for hydroxylation is 1. The number of alkyl halides is 2. The van der Waals surface area contributed by atoms with Crippen LogP contribution in [0.15, 0.2) is 36.4 Å². The van der Waals surface area contributed by atoms with Crippen LogP contribution in [0.2, 0.25) is 0 Å². The monoisotopic (exact) mass is 531 g/mol. The highest BCUT2D eigenvalue weighted by atomic mass is 19.3. The van der Waals surface area contributed by atoms with Crippen molar-refractivity contribution in [1.82, 2.24) is 4.98 Å². The standard InChI is InChI=1S/C27H33F2N3O4.C2H6/c1-16(2)20-6-4-5-7-22(20)32(19-14-27(15-19)12-10-18(11-13-27)24(33)34)26(35)31-21-9-8-17(3)30-23(21)36-25(28)29;1-2/h4-9,16,18-19,25H,10-15H2,1-3H3,(H,31,35)(H,33,34);1-2H3. The number of nitrogens with zero attached hydrogens (tertiary/aromatic N) is 2. The Morgan fingerprint density at radius 3 is 2.32 bits per heavy atom. The number of carbonyl (C=O) groups excluding carboxylic acids is 1. The van der Waals surface area contributed by atoms with Crippen molar-refractivity contribution in [2.24, 2.45) is 11.3 Å². The minimum atomic E-state index is -3.07. The highest BCUT2D eigenvalue weighted by Crippen LogP contribution is 2.55. The molecule has 7 nitrogen and oxygen atoms in total. The molecule has 1 aromatic carbocycles. The molecule has 2 aliphatic rings. The van der Waals surface area contributed by atoms with Crippen molar-refractivity contribution in [3.8, 4) is 5.88 Å². The summed E-state index contributed by atoms with van der Waals surface area (Å²) >= 11 is 0. The van der Waals surface area contributed by atoms with E-state index >= 15 is 0 Å². The number of carboxylic acid groups (broad SMARTS) is 1. The lowest BCUT2D eigenvalue weighted by Gasteiger charge is -2.54. The van der Waals surface area contributed by atoms with Gasteiger partial charge in [-0.15, -0.1) is 0 Å². The first-order valence-corrected chi connectivity index (χ1v) is 13.4. The predicted molar refractivity (Wildman–Crippen MR) is 144 cm³/mol. The molecule has 1 spiro atoms. The minimum absolute atomic E-state index is 0.0390. The van der Waals surface area contributed by atoms with E-state index in [4.69, 9.17) is 0 Å². The van der Waals surface area contributed by atoms with E-state index in [2.05, 4.69) is 28.9 Å². The molecular formula is C29H39F2N3O4. The number of hydrogen-bond donors (Lipinski definition) is 2. The summed E-state index contributed by atoms with van der Waals surface area (Å²) in [6, 6.07) is 10.3. The molecule has 2 N–H and O–H groups in total. The van der Waals surface area contributed by atoms with Crippen molar-refractivity contribution in [2.75, 3.05) is 10.2 Å². The number of carbonyl (C=O) groups is 2. The van der Waals surface area contributed by atoms with E-state index in [0.29, 0.717) is 18.5 Å². The van der Waals surface area contributed by atoms with Gasteiger partial charge in [0.05, 0.1) is 5.92 Å². The number of nitrogens with one attached hydrogen (secondary N) is 1. The summed E-state index contributed by atoms with van der Waals surface area (Å²) in [7, 11) is 0. The molecule has 0 radical (unpaired) electrons. The average Bonchev–Trinajstić information content (AvgIpc) is 2.86. The average molecular weight is 532 g/mol. The van der Waals surface area contributed by atoms with Gasteiger partial charge in [0.25, 0.3) is 0 Å². The minimum Gasteiger partial charge on any atom is -0.481 e. The van der Waals surface area contributed by atoms with Crippen molar-refractivity contribution in [2.45, 2.75) is 91.7 Å². The summed E-state index contributed by atoms with van der Waals surface area (Å²) in [5, 5.41) is 12.1. The number of aliphatic carboxylic acids is 1. The van der Waals surface area contributed by atoms with Gasteiger partial charge in [0.1, 0.15) is 5.69 Å². The highest BCUT2D eigenvalue weighted by molar-refractivity contribution is 6.03. The number of rotatable bonds is 7. The molecule has 38 heavy (non-hydrogen) atoms. The van der Waals surface area contributed by atoms with Crippen LogP contribution in [-0.2, 0) is 4.79 Å². The quantitative estimate of drug-likeness (QED) is 0.384. The number of amides is 2. The largest absolute Gasteiger partial charge is 0.481 e. The number of urea groups is 1. The third kappa shape index (κ3) is 6.60. The van der Waals surface area contributed by atoms with Crippen LogP contribution in [0.3, 0.4) is 0 Å². The summed E-state index contributed by atoms with van der Waals surface area (Å²) in [5.74, 6) is -1.19. The summed E-state index contributed by atoms with van der Waals surface area (Å²) < 4.78 is 30.5. The Balaban J connectivity index is 0.00000195. The fourth-order valence-corrected chi connectivity index (χ4v) is 5.65. The van der Waals surface area contributed by atoms with E-state index in [9.17, 15) is 23.5 Å². The number of ether oxygens (including phenoxy) is 1. The molecule has 1 aromatic heterocycles. The van der Waals surface area contributed by atoms with Gasteiger partial charge in [-0.2, -0.15) is 8.78 Å². The fraction of sp³-hybridized carbons (Fsp3) is 0.552. The van der Waals surface area contributed by atoms with Gasteiger partial charge in [-0.1, -0.05) is 45.9 Å². The molecule has 0 saturated heterocycles. The topological polar surface area (TPSA) is 91.8 Å². The van der Waals surface area contributed by atoms with Crippen molar-refractivity contribution < 1.29 is 28.2 Å². The lowest BCUT2D eigenvalue weighted by molar-refractivity contribution is -0.144. The molecule has 2 fully saturated rings. The van der Waals surface area contributed by atoms with Crippen LogP contribution in [0.1, 0.15) is 83.4 Å². The summed E-state index contributed by atoms with van der Waals surface area (Å²) in [5.41, 5.74) is 2.39. The van der Waals surface area contributed by atoms with E-state index in [1.54, 1.807) is 17.9 Å². The zero-order valence-corrected chi connectivity index (χ0v) is 22.8. The molecule has 2 saturated carbocycles. The van der Waals surface area contributed by atoms with Gasteiger partial charge in [-0.05, 0) is 80.5 Å². The van der Waals surface area contributed by atoms with Crippen LogP contribution in [0, 0.1) is 18.3 Å². The third-order valence-electron chi connectivity index (χ3n) is 7.58. The first-order valence-electron chi connectivity index (χ1n) is 13.4. The van der Waals surface area contributed by atoms with E-state index in [1.165, 1.54) is 6.07 Å². The fourth-order valence-electron chi connectivity index (χ4n) is 5.65.